The van der Waals surface area contributed by atoms with Crippen molar-refractivity contribution in [3.05, 3.63) is 35.6 Å². The molecule has 2 aliphatic heterocycles. The lowest BCUT2D eigenvalue weighted by atomic mass is 9.69. The van der Waals surface area contributed by atoms with Crippen molar-refractivity contribution in [3.63, 3.8) is 0 Å². The first kappa shape index (κ1) is 14.3. The van der Waals surface area contributed by atoms with E-state index in [0.29, 0.717) is 6.54 Å². The molecule has 0 saturated carbocycles. The highest BCUT2D eigenvalue weighted by atomic mass is 35.5. The van der Waals surface area contributed by atoms with Crippen LogP contribution < -0.4 is 10.6 Å². The van der Waals surface area contributed by atoms with Crippen LogP contribution in [0.3, 0.4) is 0 Å². The van der Waals surface area contributed by atoms with E-state index in [9.17, 15) is 9.18 Å². The SMILES string of the molecule is Cl.O=C1NCC(c2ccc(F)cc2)C12CCCNC2. The number of piperidine rings is 1. The molecule has 2 unspecified atom stereocenters. The molecule has 2 atom stereocenters. The summed E-state index contributed by atoms with van der Waals surface area (Å²) in [6, 6.07) is 6.55. The summed E-state index contributed by atoms with van der Waals surface area (Å²) in [5, 5.41) is 6.29. The smallest absolute Gasteiger partial charge is 0.228 e. The van der Waals surface area contributed by atoms with Crippen LogP contribution in [-0.4, -0.2) is 25.5 Å². The number of carbonyl (C=O) groups is 1. The van der Waals surface area contributed by atoms with Crippen molar-refractivity contribution in [1.29, 1.82) is 0 Å². The number of amides is 1. The van der Waals surface area contributed by atoms with E-state index in [1.165, 1.54) is 12.1 Å². The van der Waals surface area contributed by atoms with Crippen LogP contribution in [0, 0.1) is 11.2 Å². The summed E-state index contributed by atoms with van der Waals surface area (Å²) in [5.41, 5.74) is 0.717. The topological polar surface area (TPSA) is 41.1 Å². The van der Waals surface area contributed by atoms with Gasteiger partial charge in [0.05, 0.1) is 5.41 Å². The van der Waals surface area contributed by atoms with Crippen LogP contribution in [0.4, 0.5) is 4.39 Å². The molecule has 2 N–H and O–H groups in total. The molecule has 0 bridgehead atoms. The predicted octanol–water partition coefficient (Wildman–Crippen LogP) is 1.83. The van der Waals surface area contributed by atoms with Crippen molar-refractivity contribution in [2.75, 3.05) is 19.6 Å². The molecule has 5 heteroatoms. The molecular formula is C14H18ClFN2O. The van der Waals surface area contributed by atoms with Gasteiger partial charge >= 0.3 is 0 Å². The van der Waals surface area contributed by atoms with Gasteiger partial charge in [0.2, 0.25) is 5.91 Å². The van der Waals surface area contributed by atoms with E-state index in [2.05, 4.69) is 10.6 Å². The van der Waals surface area contributed by atoms with Crippen molar-refractivity contribution < 1.29 is 9.18 Å². The van der Waals surface area contributed by atoms with E-state index in [-0.39, 0.29) is 35.5 Å². The van der Waals surface area contributed by atoms with Crippen LogP contribution >= 0.6 is 12.4 Å². The molecule has 3 nitrogen and oxygen atoms in total. The van der Waals surface area contributed by atoms with E-state index >= 15 is 0 Å². The predicted molar refractivity (Wildman–Crippen MR) is 73.9 cm³/mol. The Morgan fingerprint density at radius 1 is 1.26 bits per heavy atom. The van der Waals surface area contributed by atoms with Gasteiger partial charge in [0, 0.05) is 19.0 Å². The Labute approximate surface area is 118 Å². The number of nitrogens with one attached hydrogen (secondary N) is 2. The van der Waals surface area contributed by atoms with Crippen molar-refractivity contribution >= 4 is 18.3 Å². The summed E-state index contributed by atoms with van der Waals surface area (Å²) in [7, 11) is 0. The van der Waals surface area contributed by atoms with Gasteiger partial charge in [-0.2, -0.15) is 0 Å². The highest BCUT2D eigenvalue weighted by Crippen LogP contribution is 2.44. The normalized spacial score (nSPS) is 29.9. The molecule has 0 radical (unpaired) electrons. The maximum atomic E-state index is 13.0. The quantitative estimate of drug-likeness (QED) is 0.826. The van der Waals surface area contributed by atoms with Gasteiger partial charge in [-0.1, -0.05) is 12.1 Å². The lowest BCUT2D eigenvalue weighted by Crippen LogP contribution is -2.47. The lowest BCUT2D eigenvalue weighted by molar-refractivity contribution is -0.129. The summed E-state index contributed by atoms with van der Waals surface area (Å²) in [6.45, 7) is 2.36. The second-order valence-electron chi connectivity index (χ2n) is 5.25. The molecule has 3 rings (SSSR count). The molecular weight excluding hydrogens is 267 g/mol. The van der Waals surface area contributed by atoms with Gasteiger partial charge in [0.25, 0.3) is 0 Å². The van der Waals surface area contributed by atoms with Crippen molar-refractivity contribution in [2.45, 2.75) is 18.8 Å². The van der Waals surface area contributed by atoms with E-state index in [0.717, 1.165) is 31.5 Å². The van der Waals surface area contributed by atoms with Crippen LogP contribution in [0.1, 0.15) is 24.3 Å². The zero-order valence-corrected chi connectivity index (χ0v) is 11.4. The number of halogens is 2. The summed E-state index contributed by atoms with van der Waals surface area (Å²) >= 11 is 0. The monoisotopic (exact) mass is 284 g/mol. The van der Waals surface area contributed by atoms with Gasteiger partial charge in [-0.3, -0.25) is 4.79 Å². The van der Waals surface area contributed by atoms with Crippen LogP contribution in [0.5, 0.6) is 0 Å². The Balaban J connectivity index is 0.00000133. The Kier molecular flexibility index (Phi) is 4.11. The largest absolute Gasteiger partial charge is 0.355 e. The highest BCUT2D eigenvalue weighted by Gasteiger charge is 2.50. The minimum absolute atomic E-state index is 0. The zero-order valence-electron chi connectivity index (χ0n) is 10.6. The minimum atomic E-state index is -0.337. The van der Waals surface area contributed by atoms with Crippen LogP contribution in [-0.2, 0) is 4.79 Å². The fourth-order valence-electron chi connectivity index (χ4n) is 3.28. The molecule has 2 saturated heterocycles. The maximum absolute atomic E-state index is 13.0. The summed E-state index contributed by atoms with van der Waals surface area (Å²) in [4.78, 5) is 12.2. The molecule has 19 heavy (non-hydrogen) atoms. The minimum Gasteiger partial charge on any atom is -0.355 e. The molecule has 2 aliphatic rings. The summed E-state index contributed by atoms with van der Waals surface area (Å²) in [5.74, 6) is 0.0641. The number of carbonyl (C=O) groups excluding carboxylic acids is 1. The van der Waals surface area contributed by atoms with Gasteiger partial charge in [0.15, 0.2) is 0 Å². The van der Waals surface area contributed by atoms with Gasteiger partial charge in [-0.05, 0) is 37.1 Å². The first-order valence-corrected chi connectivity index (χ1v) is 6.47. The molecule has 0 aliphatic carbocycles. The average Bonchev–Trinajstić information content (AvgIpc) is 2.70. The first-order valence-electron chi connectivity index (χ1n) is 6.47. The zero-order chi connectivity index (χ0) is 12.6. The van der Waals surface area contributed by atoms with Gasteiger partial charge in [0.1, 0.15) is 5.82 Å². The first-order chi connectivity index (χ1) is 8.72. The third-order valence-corrected chi connectivity index (χ3v) is 4.28. The molecule has 2 fully saturated rings. The van der Waals surface area contributed by atoms with Crippen molar-refractivity contribution in [1.82, 2.24) is 10.6 Å². The Bertz CT molecular complexity index is 457. The Hall–Kier alpha value is -1.13. The van der Waals surface area contributed by atoms with Crippen molar-refractivity contribution in [3.8, 4) is 0 Å². The lowest BCUT2D eigenvalue weighted by Gasteiger charge is -2.36. The van der Waals surface area contributed by atoms with Gasteiger partial charge in [-0.25, -0.2) is 4.39 Å². The maximum Gasteiger partial charge on any atom is 0.228 e. The second-order valence-corrected chi connectivity index (χ2v) is 5.25. The number of rotatable bonds is 1. The molecule has 1 spiro atoms. The average molecular weight is 285 g/mol. The van der Waals surface area contributed by atoms with Crippen LogP contribution in [0.25, 0.3) is 0 Å². The van der Waals surface area contributed by atoms with Gasteiger partial charge in [-0.15, -0.1) is 12.4 Å². The highest BCUT2D eigenvalue weighted by molar-refractivity contribution is 5.87. The van der Waals surface area contributed by atoms with E-state index in [1.54, 1.807) is 12.1 Å². The number of hydrogen-bond donors (Lipinski definition) is 2. The molecule has 0 aromatic heterocycles. The second kappa shape index (κ2) is 5.47. The molecule has 1 amide bonds. The standard InChI is InChI=1S/C14H17FN2O.ClH/c15-11-4-2-10(3-5-11)12-8-17-13(18)14(12)6-1-7-16-9-14;/h2-5,12,16H,1,6-9H2,(H,17,18);1H. The number of benzene rings is 1. The van der Waals surface area contributed by atoms with E-state index in [1.807, 2.05) is 0 Å². The third-order valence-electron chi connectivity index (χ3n) is 4.28. The molecule has 104 valence electrons. The molecule has 2 heterocycles. The van der Waals surface area contributed by atoms with Gasteiger partial charge < -0.3 is 10.6 Å². The summed E-state index contributed by atoms with van der Waals surface area (Å²) < 4.78 is 13.0. The van der Waals surface area contributed by atoms with Crippen LogP contribution in [0.15, 0.2) is 24.3 Å². The number of hydrogen-bond acceptors (Lipinski definition) is 2. The van der Waals surface area contributed by atoms with Crippen molar-refractivity contribution in [2.24, 2.45) is 5.41 Å². The molecule has 1 aromatic carbocycles. The fourth-order valence-corrected chi connectivity index (χ4v) is 3.28. The Morgan fingerprint density at radius 2 is 2.00 bits per heavy atom. The van der Waals surface area contributed by atoms with E-state index in [4.69, 9.17) is 0 Å². The Morgan fingerprint density at radius 3 is 2.63 bits per heavy atom. The molecule has 1 aromatic rings. The van der Waals surface area contributed by atoms with Crippen LogP contribution in [0.2, 0.25) is 0 Å². The fraction of sp³-hybridized carbons (Fsp3) is 0.500. The third kappa shape index (κ3) is 2.35. The van der Waals surface area contributed by atoms with E-state index < -0.39 is 0 Å². The summed E-state index contributed by atoms with van der Waals surface area (Å²) in [6.07, 6.45) is 1.93.